The van der Waals surface area contributed by atoms with E-state index in [4.69, 9.17) is 9.73 Å². The van der Waals surface area contributed by atoms with Crippen LogP contribution in [0.2, 0.25) is 0 Å². The Morgan fingerprint density at radius 2 is 1.73 bits per heavy atom. The van der Waals surface area contributed by atoms with Gasteiger partial charge < -0.3 is 4.74 Å². The second-order valence-electron chi connectivity index (χ2n) is 6.90. The van der Waals surface area contributed by atoms with Gasteiger partial charge in [-0.25, -0.2) is 0 Å². The van der Waals surface area contributed by atoms with E-state index in [1.807, 2.05) is 12.1 Å². The van der Waals surface area contributed by atoms with Gasteiger partial charge in [-0.3, -0.25) is 4.99 Å². The summed E-state index contributed by atoms with van der Waals surface area (Å²) in [4.78, 5) is 5.21. The predicted octanol–water partition coefficient (Wildman–Crippen LogP) is 6.21. The number of nitrogens with zero attached hydrogens (tertiary/aromatic N) is 1. The number of hydrogen-bond donors (Lipinski definition) is 0. The van der Waals surface area contributed by atoms with Gasteiger partial charge in [-0.05, 0) is 86.4 Å². The van der Waals surface area contributed by atoms with Crippen LogP contribution in [0, 0.1) is 0 Å². The van der Waals surface area contributed by atoms with E-state index in [1.54, 1.807) is 7.11 Å². The molecule has 2 nitrogen and oxygen atoms in total. The molecular weight excluding hydrogens is 318 g/mol. The number of hydrogen-bond acceptors (Lipinski definition) is 2. The molecule has 0 N–H and O–H groups in total. The normalized spacial score (nSPS) is 19.2. The van der Waals surface area contributed by atoms with E-state index >= 15 is 0 Å². The summed E-state index contributed by atoms with van der Waals surface area (Å²) in [6.45, 7) is 2.12. The SMILES string of the molecule is COc1ccc(C(C)=NC(C2=CCCC=CC2)C2=CCC=CCC2)cc1. The molecule has 136 valence electrons. The van der Waals surface area contributed by atoms with Crippen LogP contribution in [0.4, 0.5) is 0 Å². The quantitative estimate of drug-likeness (QED) is 0.458. The highest BCUT2D eigenvalue weighted by molar-refractivity contribution is 5.99. The molecule has 0 amide bonds. The molecule has 0 heterocycles. The van der Waals surface area contributed by atoms with Crippen molar-refractivity contribution in [3.8, 4) is 5.75 Å². The molecule has 2 heteroatoms. The minimum absolute atomic E-state index is 0.166. The average molecular weight is 348 g/mol. The summed E-state index contributed by atoms with van der Waals surface area (Å²) in [6, 6.07) is 8.37. The van der Waals surface area contributed by atoms with Crippen molar-refractivity contribution in [3.05, 3.63) is 77.4 Å². The van der Waals surface area contributed by atoms with Crippen LogP contribution in [-0.2, 0) is 0 Å². The second kappa shape index (κ2) is 9.38. The third-order valence-corrected chi connectivity index (χ3v) is 5.08. The van der Waals surface area contributed by atoms with Gasteiger partial charge in [0.1, 0.15) is 5.75 Å². The lowest BCUT2D eigenvalue weighted by atomic mass is 9.92. The molecular formula is C24H29NO. The molecule has 3 rings (SSSR count). The standard InChI is InChI=1S/C24H29NO/c1-19(20-15-17-23(26-2)18-16-20)25-24(21-11-7-3-4-8-12-21)22-13-9-5-6-10-14-22/h3-5,9,11,14-18,24H,6-8,10,12-13H2,1-2H3. The average Bonchev–Trinajstić information content (AvgIpc) is 3.11. The van der Waals surface area contributed by atoms with Gasteiger partial charge in [0.25, 0.3) is 0 Å². The molecule has 0 saturated heterocycles. The fraction of sp³-hybridized carbons (Fsp3) is 0.375. The Hall–Kier alpha value is -2.35. The van der Waals surface area contributed by atoms with E-state index in [-0.39, 0.29) is 6.04 Å². The third kappa shape index (κ3) is 4.85. The van der Waals surface area contributed by atoms with Crippen LogP contribution in [0.15, 0.2) is 76.9 Å². The Morgan fingerprint density at radius 3 is 2.54 bits per heavy atom. The molecule has 2 aliphatic carbocycles. The Morgan fingerprint density at radius 1 is 0.923 bits per heavy atom. The van der Waals surface area contributed by atoms with Gasteiger partial charge in [-0.1, -0.05) is 36.5 Å². The fourth-order valence-corrected chi connectivity index (χ4v) is 3.55. The molecule has 0 spiro atoms. The largest absolute Gasteiger partial charge is 0.497 e. The zero-order chi connectivity index (χ0) is 18.2. The van der Waals surface area contributed by atoms with Gasteiger partial charge in [0.15, 0.2) is 0 Å². The molecule has 26 heavy (non-hydrogen) atoms. The predicted molar refractivity (Wildman–Crippen MR) is 111 cm³/mol. The van der Waals surface area contributed by atoms with Gasteiger partial charge in [0, 0.05) is 5.71 Å². The highest BCUT2D eigenvalue weighted by atomic mass is 16.5. The molecule has 1 atom stereocenters. The molecule has 0 fully saturated rings. The van der Waals surface area contributed by atoms with Crippen LogP contribution >= 0.6 is 0 Å². The van der Waals surface area contributed by atoms with Crippen molar-refractivity contribution in [2.75, 3.05) is 7.11 Å². The van der Waals surface area contributed by atoms with Gasteiger partial charge in [-0.2, -0.15) is 0 Å². The van der Waals surface area contributed by atoms with E-state index in [9.17, 15) is 0 Å². The summed E-state index contributed by atoms with van der Waals surface area (Å²) in [5.74, 6) is 0.882. The van der Waals surface area contributed by atoms with Crippen molar-refractivity contribution in [1.29, 1.82) is 0 Å². The Labute approximate surface area is 157 Å². The summed E-state index contributed by atoms with van der Waals surface area (Å²) in [5.41, 5.74) is 5.15. The number of benzene rings is 1. The summed E-state index contributed by atoms with van der Waals surface area (Å²) in [6.07, 6.45) is 20.5. The highest BCUT2D eigenvalue weighted by Gasteiger charge is 2.19. The smallest absolute Gasteiger partial charge is 0.118 e. The number of rotatable bonds is 5. The van der Waals surface area contributed by atoms with Gasteiger partial charge in [0.05, 0.1) is 13.2 Å². The fourth-order valence-electron chi connectivity index (χ4n) is 3.55. The zero-order valence-corrected chi connectivity index (χ0v) is 15.9. The van der Waals surface area contributed by atoms with Crippen LogP contribution in [0.5, 0.6) is 5.75 Å². The first-order valence-electron chi connectivity index (χ1n) is 9.64. The van der Waals surface area contributed by atoms with Gasteiger partial charge in [-0.15, -0.1) is 0 Å². The number of ether oxygens (including phenoxy) is 1. The Balaban J connectivity index is 1.92. The van der Waals surface area contributed by atoms with Crippen molar-refractivity contribution in [2.45, 2.75) is 51.5 Å². The molecule has 0 aliphatic heterocycles. The second-order valence-corrected chi connectivity index (χ2v) is 6.90. The maximum absolute atomic E-state index is 5.28. The van der Waals surface area contributed by atoms with Gasteiger partial charge >= 0.3 is 0 Å². The van der Waals surface area contributed by atoms with Gasteiger partial charge in [0.2, 0.25) is 0 Å². The Kier molecular flexibility index (Phi) is 6.65. The van der Waals surface area contributed by atoms with Crippen molar-refractivity contribution in [2.24, 2.45) is 4.99 Å². The first kappa shape index (κ1) is 18.4. The minimum atomic E-state index is 0.166. The van der Waals surface area contributed by atoms with Crippen molar-refractivity contribution < 1.29 is 4.74 Å². The lowest BCUT2D eigenvalue weighted by Crippen LogP contribution is -2.15. The van der Waals surface area contributed by atoms with Crippen LogP contribution < -0.4 is 4.74 Å². The monoisotopic (exact) mass is 347 g/mol. The number of methoxy groups -OCH3 is 1. The molecule has 0 aromatic heterocycles. The molecule has 1 aromatic carbocycles. The van der Waals surface area contributed by atoms with E-state index in [0.717, 1.165) is 55.5 Å². The van der Waals surface area contributed by atoms with E-state index in [0.29, 0.717) is 0 Å². The number of aliphatic imine (C=N–C) groups is 1. The van der Waals surface area contributed by atoms with Crippen LogP contribution in [0.3, 0.4) is 0 Å². The van der Waals surface area contributed by atoms with Crippen LogP contribution in [-0.4, -0.2) is 18.9 Å². The Bertz CT molecular complexity index is 747. The lowest BCUT2D eigenvalue weighted by molar-refractivity contribution is 0.415. The molecule has 2 aliphatic rings. The maximum atomic E-state index is 5.28. The number of allylic oxidation sites excluding steroid dienone is 6. The summed E-state index contributed by atoms with van der Waals surface area (Å²) < 4.78 is 5.28. The summed E-state index contributed by atoms with van der Waals surface area (Å²) >= 11 is 0. The van der Waals surface area contributed by atoms with Crippen LogP contribution in [0.1, 0.15) is 51.0 Å². The third-order valence-electron chi connectivity index (χ3n) is 5.08. The van der Waals surface area contributed by atoms with Crippen LogP contribution in [0.25, 0.3) is 0 Å². The summed E-state index contributed by atoms with van der Waals surface area (Å²) in [5, 5.41) is 0. The molecule has 1 aromatic rings. The van der Waals surface area contributed by atoms with Crippen molar-refractivity contribution in [3.63, 3.8) is 0 Å². The molecule has 0 saturated carbocycles. The summed E-state index contributed by atoms with van der Waals surface area (Å²) in [7, 11) is 1.70. The van der Waals surface area contributed by atoms with E-state index in [2.05, 4.69) is 55.5 Å². The molecule has 1 unspecified atom stereocenters. The topological polar surface area (TPSA) is 21.6 Å². The minimum Gasteiger partial charge on any atom is -0.497 e. The zero-order valence-electron chi connectivity index (χ0n) is 15.9. The molecule has 0 radical (unpaired) electrons. The highest BCUT2D eigenvalue weighted by Crippen LogP contribution is 2.28. The van der Waals surface area contributed by atoms with E-state index in [1.165, 1.54) is 11.1 Å². The van der Waals surface area contributed by atoms with E-state index < -0.39 is 0 Å². The first-order chi connectivity index (χ1) is 12.8. The first-order valence-corrected chi connectivity index (χ1v) is 9.64. The van der Waals surface area contributed by atoms with Crippen molar-refractivity contribution >= 4 is 5.71 Å². The maximum Gasteiger partial charge on any atom is 0.118 e. The van der Waals surface area contributed by atoms with Crippen molar-refractivity contribution in [1.82, 2.24) is 0 Å². The lowest BCUT2D eigenvalue weighted by Gasteiger charge is -2.20. The molecule has 0 bridgehead atoms.